The van der Waals surface area contributed by atoms with E-state index in [9.17, 15) is 4.79 Å². The van der Waals surface area contributed by atoms with Crippen LogP contribution < -0.4 is 0 Å². The molecule has 0 saturated carbocycles. The van der Waals surface area contributed by atoms with Crippen LogP contribution in [0, 0.1) is 5.92 Å². The molecule has 0 aromatic heterocycles. The van der Waals surface area contributed by atoms with Crippen LogP contribution in [0.25, 0.3) is 0 Å². The number of carbonyl (C=O) groups excluding carboxylic acids is 1. The summed E-state index contributed by atoms with van der Waals surface area (Å²) in [5, 5.41) is 0. The van der Waals surface area contributed by atoms with Crippen molar-refractivity contribution in [2.75, 3.05) is 0 Å². The van der Waals surface area contributed by atoms with Gasteiger partial charge < -0.3 is 4.79 Å². The molecular weight excluding hydrogens is 148 g/mol. The zero-order valence-electron chi connectivity index (χ0n) is 8.42. The van der Waals surface area contributed by atoms with Gasteiger partial charge in [-0.25, -0.2) is 0 Å². The molecule has 0 saturated heterocycles. The summed E-state index contributed by atoms with van der Waals surface area (Å²) in [6.07, 6.45) is 5.74. The van der Waals surface area contributed by atoms with Gasteiger partial charge >= 0.3 is 0 Å². The molecule has 0 N–H and O–H groups in total. The summed E-state index contributed by atoms with van der Waals surface area (Å²) in [5.74, 6) is 0.574. The lowest BCUT2D eigenvalue weighted by molar-refractivity contribution is -0.107. The van der Waals surface area contributed by atoms with Gasteiger partial charge in [-0.2, -0.15) is 0 Å². The van der Waals surface area contributed by atoms with Crippen molar-refractivity contribution in [2.45, 2.75) is 34.1 Å². The molecule has 0 aliphatic carbocycles. The van der Waals surface area contributed by atoms with E-state index >= 15 is 0 Å². The third-order valence-electron chi connectivity index (χ3n) is 1.48. The fourth-order valence-electron chi connectivity index (χ4n) is 1.15. The van der Waals surface area contributed by atoms with Crippen LogP contribution in [0.15, 0.2) is 23.3 Å². The van der Waals surface area contributed by atoms with E-state index in [-0.39, 0.29) is 0 Å². The number of hydrogen-bond acceptors (Lipinski definition) is 1. The minimum Gasteiger partial charge on any atom is -0.303 e. The number of allylic oxidation sites excluding steroid dienone is 4. The van der Waals surface area contributed by atoms with Gasteiger partial charge in [0.1, 0.15) is 6.29 Å². The van der Waals surface area contributed by atoms with E-state index in [0.717, 1.165) is 11.9 Å². The number of carbonyl (C=O) groups is 1. The van der Waals surface area contributed by atoms with Gasteiger partial charge in [-0.05, 0) is 19.8 Å². The summed E-state index contributed by atoms with van der Waals surface area (Å²) in [7, 11) is 0. The zero-order valence-corrected chi connectivity index (χ0v) is 8.42. The summed E-state index contributed by atoms with van der Waals surface area (Å²) in [5.41, 5.74) is 2.36. The predicted octanol–water partition coefficient (Wildman–Crippen LogP) is 3.12. The lowest BCUT2D eigenvalue weighted by Gasteiger charge is -1.99. The summed E-state index contributed by atoms with van der Waals surface area (Å²) >= 11 is 0. The fraction of sp³-hybridized carbons (Fsp3) is 0.545. The molecule has 0 bridgehead atoms. The topological polar surface area (TPSA) is 17.1 Å². The zero-order chi connectivity index (χ0) is 9.56. The largest absolute Gasteiger partial charge is 0.303 e. The maximum absolute atomic E-state index is 10.2. The molecule has 1 nitrogen and oxygen atoms in total. The second kappa shape index (κ2) is 5.76. The molecule has 1 heteroatoms. The average molecular weight is 166 g/mol. The van der Waals surface area contributed by atoms with E-state index < -0.39 is 0 Å². The van der Waals surface area contributed by atoms with Gasteiger partial charge in [0.15, 0.2) is 0 Å². The van der Waals surface area contributed by atoms with Crippen LogP contribution in [0.1, 0.15) is 34.1 Å². The molecule has 0 heterocycles. The fourth-order valence-corrected chi connectivity index (χ4v) is 1.15. The first-order valence-electron chi connectivity index (χ1n) is 4.35. The van der Waals surface area contributed by atoms with Crippen molar-refractivity contribution in [3.63, 3.8) is 0 Å². The second-order valence-electron chi connectivity index (χ2n) is 3.52. The number of hydrogen-bond donors (Lipinski definition) is 0. The van der Waals surface area contributed by atoms with Crippen LogP contribution in [-0.4, -0.2) is 6.29 Å². The highest BCUT2D eigenvalue weighted by molar-refractivity contribution is 5.54. The van der Waals surface area contributed by atoms with Crippen LogP contribution in [-0.2, 0) is 4.79 Å². The van der Waals surface area contributed by atoms with Gasteiger partial charge in [0.05, 0.1) is 0 Å². The number of aldehydes is 1. The van der Waals surface area contributed by atoms with Gasteiger partial charge in [-0.3, -0.25) is 0 Å². The van der Waals surface area contributed by atoms with Gasteiger partial charge in [0.25, 0.3) is 0 Å². The Morgan fingerprint density at radius 3 is 2.33 bits per heavy atom. The van der Waals surface area contributed by atoms with E-state index in [1.54, 1.807) is 0 Å². The Labute approximate surface area is 75.2 Å². The molecule has 0 aromatic rings. The molecule has 0 aromatic carbocycles. The van der Waals surface area contributed by atoms with E-state index in [4.69, 9.17) is 0 Å². The SMILES string of the molecule is CC(=C\C(C)C)/C=C(\C)CC=O. The molecule has 0 spiro atoms. The standard InChI is InChI=1S/C11H18O/c1-9(2)7-11(4)8-10(3)5-6-12/h6-9H,5H2,1-4H3/b10-8+,11-7+. The van der Waals surface area contributed by atoms with Crippen molar-refractivity contribution in [3.8, 4) is 0 Å². The first-order chi connectivity index (χ1) is 5.56. The molecule has 0 amide bonds. The summed E-state index contributed by atoms with van der Waals surface area (Å²) < 4.78 is 0. The van der Waals surface area contributed by atoms with Crippen LogP contribution >= 0.6 is 0 Å². The molecule has 0 rings (SSSR count). The van der Waals surface area contributed by atoms with Gasteiger partial charge in [-0.15, -0.1) is 0 Å². The smallest absolute Gasteiger partial charge is 0.124 e. The first-order valence-corrected chi connectivity index (χ1v) is 4.35. The summed E-state index contributed by atoms with van der Waals surface area (Å²) in [6, 6.07) is 0. The van der Waals surface area contributed by atoms with Crippen LogP contribution in [0.4, 0.5) is 0 Å². The van der Waals surface area contributed by atoms with Crippen molar-refractivity contribution in [3.05, 3.63) is 23.3 Å². The molecule has 0 unspecified atom stereocenters. The summed E-state index contributed by atoms with van der Waals surface area (Å²) in [4.78, 5) is 10.2. The van der Waals surface area contributed by atoms with Crippen molar-refractivity contribution in [2.24, 2.45) is 5.92 Å². The monoisotopic (exact) mass is 166 g/mol. The normalized spacial score (nSPS) is 13.8. The van der Waals surface area contributed by atoms with Gasteiger partial charge in [0, 0.05) is 6.42 Å². The van der Waals surface area contributed by atoms with E-state index in [0.29, 0.717) is 12.3 Å². The summed E-state index contributed by atoms with van der Waals surface area (Å²) in [6.45, 7) is 8.33. The Kier molecular flexibility index (Phi) is 5.35. The average Bonchev–Trinajstić information content (AvgIpc) is 1.84. The first kappa shape index (κ1) is 11.2. The Balaban J connectivity index is 4.21. The molecule has 12 heavy (non-hydrogen) atoms. The van der Waals surface area contributed by atoms with Gasteiger partial charge in [-0.1, -0.05) is 37.1 Å². The maximum atomic E-state index is 10.2. The number of rotatable bonds is 4. The van der Waals surface area contributed by atoms with Crippen molar-refractivity contribution < 1.29 is 4.79 Å². The quantitative estimate of drug-likeness (QED) is 0.463. The lowest BCUT2D eigenvalue weighted by atomic mass is 10.1. The van der Waals surface area contributed by atoms with Crippen LogP contribution in [0.5, 0.6) is 0 Å². The van der Waals surface area contributed by atoms with E-state index in [1.165, 1.54) is 5.57 Å². The molecule has 0 fully saturated rings. The lowest BCUT2D eigenvalue weighted by Crippen LogP contribution is -1.83. The third-order valence-corrected chi connectivity index (χ3v) is 1.48. The van der Waals surface area contributed by atoms with Crippen LogP contribution in [0.3, 0.4) is 0 Å². The maximum Gasteiger partial charge on any atom is 0.124 e. The van der Waals surface area contributed by atoms with Crippen molar-refractivity contribution in [1.82, 2.24) is 0 Å². The van der Waals surface area contributed by atoms with Crippen molar-refractivity contribution >= 4 is 6.29 Å². The van der Waals surface area contributed by atoms with Gasteiger partial charge in [0.2, 0.25) is 0 Å². The minimum atomic E-state index is 0.545. The molecule has 0 atom stereocenters. The highest BCUT2D eigenvalue weighted by Gasteiger charge is 1.90. The molecule has 0 radical (unpaired) electrons. The molecule has 0 aliphatic rings. The Bertz CT molecular complexity index is 197. The molecule has 0 aliphatic heterocycles. The minimum absolute atomic E-state index is 0.545. The highest BCUT2D eigenvalue weighted by Crippen LogP contribution is 2.07. The van der Waals surface area contributed by atoms with E-state index in [2.05, 4.69) is 32.9 Å². The second-order valence-corrected chi connectivity index (χ2v) is 3.52. The third kappa shape index (κ3) is 5.90. The Hall–Kier alpha value is -0.850. The van der Waals surface area contributed by atoms with Crippen molar-refractivity contribution in [1.29, 1.82) is 0 Å². The molecule has 68 valence electrons. The predicted molar refractivity (Wildman–Crippen MR) is 53.0 cm³/mol. The molecular formula is C11H18O. The Morgan fingerprint density at radius 1 is 1.33 bits per heavy atom. The highest BCUT2D eigenvalue weighted by atomic mass is 16.1. The Morgan fingerprint density at radius 2 is 1.92 bits per heavy atom. The van der Waals surface area contributed by atoms with Crippen LogP contribution in [0.2, 0.25) is 0 Å². The van der Waals surface area contributed by atoms with E-state index in [1.807, 2.05) is 6.92 Å².